The summed E-state index contributed by atoms with van der Waals surface area (Å²) in [5.41, 5.74) is 1.71. The third-order valence-corrected chi connectivity index (χ3v) is 3.46. The monoisotopic (exact) mass is 290 g/mol. The summed E-state index contributed by atoms with van der Waals surface area (Å²) in [5.74, 6) is 1.66. The first-order chi connectivity index (χ1) is 10.7. The molecule has 0 aliphatic carbocycles. The lowest BCUT2D eigenvalue weighted by molar-refractivity contribution is 0.415. The minimum absolute atomic E-state index is 0.161. The number of nitrogens with zero attached hydrogens (tertiary/aromatic N) is 4. The van der Waals surface area contributed by atoms with Crippen molar-refractivity contribution in [3.63, 3.8) is 0 Å². The fourth-order valence-electron chi connectivity index (χ4n) is 2.29. The second-order valence-electron chi connectivity index (χ2n) is 4.76. The molecule has 2 aromatic carbocycles. The molecule has 3 aromatic rings. The van der Waals surface area contributed by atoms with E-state index in [-0.39, 0.29) is 5.82 Å². The fraction of sp³-hybridized carbons (Fsp3) is 0.118. The fourth-order valence-corrected chi connectivity index (χ4v) is 2.29. The average molecular weight is 290 g/mol. The molecule has 1 heterocycles. The molecule has 1 aromatic heterocycles. The van der Waals surface area contributed by atoms with E-state index in [2.05, 4.69) is 9.97 Å². The van der Waals surface area contributed by atoms with Gasteiger partial charge < -0.3 is 9.64 Å². The number of benzene rings is 2. The van der Waals surface area contributed by atoms with E-state index in [1.807, 2.05) is 66.5 Å². The molecule has 5 heteroatoms. The summed E-state index contributed by atoms with van der Waals surface area (Å²) in [6.45, 7) is 0. The summed E-state index contributed by atoms with van der Waals surface area (Å²) < 4.78 is 5.17. The number of methoxy groups -OCH3 is 1. The van der Waals surface area contributed by atoms with Gasteiger partial charge in [0.05, 0.1) is 12.6 Å². The molecule has 0 atom stereocenters. The van der Waals surface area contributed by atoms with Crippen LogP contribution in [0.5, 0.6) is 5.75 Å². The van der Waals surface area contributed by atoms with Crippen LogP contribution in [0.3, 0.4) is 0 Å². The van der Waals surface area contributed by atoms with Crippen molar-refractivity contribution in [1.29, 1.82) is 5.26 Å². The first kappa shape index (κ1) is 13.8. The third kappa shape index (κ3) is 2.42. The van der Waals surface area contributed by atoms with Crippen molar-refractivity contribution in [3.8, 4) is 11.8 Å². The molecular formula is C17H14N4O. The maximum Gasteiger partial charge on any atom is 0.234 e. The van der Waals surface area contributed by atoms with E-state index in [1.165, 1.54) is 0 Å². The van der Waals surface area contributed by atoms with Gasteiger partial charge in [0, 0.05) is 18.1 Å². The highest BCUT2D eigenvalue weighted by Crippen LogP contribution is 2.29. The van der Waals surface area contributed by atoms with E-state index < -0.39 is 0 Å². The summed E-state index contributed by atoms with van der Waals surface area (Å²) >= 11 is 0. The van der Waals surface area contributed by atoms with Gasteiger partial charge in [-0.05, 0) is 36.4 Å². The highest BCUT2D eigenvalue weighted by molar-refractivity contribution is 5.91. The molecule has 0 amide bonds. The molecule has 0 unspecified atom stereocenters. The normalized spacial score (nSPS) is 10.2. The highest BCUT2D eigenvalue weighted by Gasteiger charge is 2.12. The van der Waals surface area contributed by atoms with Gasteiger partial charge >= 0.3 is 0 Å². The lowest BCUT2D eigenvalue weighted by Crippen LogP contribution is -2.13. The summed E-state index contributed by atoms with van der Waals surface area (Å²) in [6, 6.07) is 17.3. The first-order valence-electron chi connectivity index (χ1n) is 6.77. The van der Waals surface area contributed by atoms with Crippen molar-refractivity contribution in [2.75, 3.05) is 19.1 Å². The van der Waals surface area contributed by atoms with Crippen molar-refractivity contribution in [2.24, 2.45) is 0 Å². The van der Waals surface area contributed by atoms with Gasteiger partial charge in [0.15, 0.2) is 0 Å². The van der Waals surface area contributed by atoms with Crippen molar-refractivity contribution in [3.05, 3.63) is 54.4 Å². The van der Waals surface area contributed by atoms with Crippen LogP contribution in [0, 0.1) is 11.3 Å². The minimum atomic E-state index is 0.161. The summed E-state index contributed by atoms with van der Waals surface area (Å²) in [4.78, 5) is 10.5. The Kier molecular flexibility index (Phi) is 3.58. The molecule has 0 fully saturated rings. The molecule has 0 saturated heterocycles. The van der Waals surface area contributed by atoms with Gasteiger partial charge in [0.2, 0.25) is 5.82 Å². The van der Waals surface area contributed by atoms with Crippen LogP contribution in [0.15, 0.2) is 48.5 Å². The molecule has 3 rings (SSSR count). The molecule has 0 bridgehead atoms. The Morgan fingerprint density at radius 1 is 1.05 bits per heavy atom. The maximum atomic E-state index is 9.13. The standard InChI is InChI=1S/C17H14N4O/c1-21(12-7-9-13(22-2)10-8-12)17-14-5-3-4-6-15(14)19-16(11-18)20-17/h3-10H,1-2H3. The smallest absolute Gasteiger partial charge is 0.234 e. The predicted octanol–water partition coefficient (Wildman–Crippen LogP) is 3.28. The molecular weight excluding hydrogens is 276 g/mol. The van der Waals surface area contributed by atoms with Gasteiger partial charge in [0.25, 0.3) is 0 Å². The first-order valence-corrected chi connectivity index (χ1v) is 6.77. The SMILES string of the molecule is COc1ccc(N(C)c2nc(C#N)nc3ccccc23)cc1. The Hall–Kier alpha value is -3.13. The lowest BCUT2D eigenvalue weighted by atomic mass is 10.2. The van der Waals surface area contributed by atoms with Gasteiger partial charge in [-0.1, -0.05) is 12.1 Å². The Bertz CT molecular complexity index is 853. The number of nitriles is 1. The van der Waals surface area contributed by atoms with Crippen molar-refractivity contribution in [2.45, 2.75) is 0 Å². The Labute approximate surface area is 128 Å². The number of fused-ring (bicyclic) bond motifs is 1. The van der Waals surface area contributed by atoms with Crippen molar-refractivity contribution < 1.29 is 4.74 Å². The lowest BCUT2D eigenvalue weighted by Gasteiger charge is -2.20. The molecule has 0 saturated carbocycles. The molecule has 0 aliphatic rings. The predicted molar refractivity (Wildman–Crippen MR) is 85.3 cm³/mol. The number of hydrogen-bond donors (Lipinski definition) is 0. The zero-order valence-electron chi connectivity index (χ0n) is 12.3. The Balaban J connectivity index is 2.13. The van der Waals surface area contributed by atoms with E-state index in [4.69, 9.17) is 10.00 Å². The number of rotatable bonds is 3. The summed E-state index contributed by atoms with van der Waals surface area (Å²) in [7, 11) is 3.55. The highest BCUT2D eigenvalue weighted by atomic mass is 16.5. The topological polar surface area (TPSA) is 62.0 Å². The maximum absolute atomic E-state index is 9.13. The number of ether oxygens (including phenoxy) is 1. The van der Waals surface area contributed by atoms with Crippen LogP contribution in [0.2, 0.25) is 0 Å². The molecule has 0 N–H and O–H groups in total. The van der Waals surface area contributed by atoms with Gasteiger partial charge in [0.1, 0.15) is 17.6 Å². The van der Waals surface area contributed by atoms with Gasteiger partial charge in [-0.25, -0.2) is 9.97 Å². The third-order valence-electron chi connectivity index (χ3n) is 3.46. The average Bonchev–Trinajstić information content (AvgIpc) is 2.60. The van der Waals surface area contributed by atoms with Crippen LogP contribution in [0.1, 0.15) is 5.82 Å². The van der Waals surface area contributed by atoms with Crippen LogP contribution in [-0.4, -0.2) is 24.1 Å². The van der Waals surface area contributed by atoms with Crippen LogP contribution < -0.4 is 9.64 Å². The zero-order chi connectivity index (χ0) is 15.5. The second kappa shape index (κ2) is 5.70. The summed E-state index contributed by atoms with van der Waals surface area (Å²) in [6.07, 6.45) is 0. The Morgan fingerprint density at radius 3 is 2.45 bits per heavy atom. The molecule has 0 radical (unpaired) electrons. The van der Waals surface area contributed by atoms with E-state index in [0.717, 1.165) is 22.3 Å². The molecule has 22 heavy (non-hydrogen) atoms. The summed E-state index contributed by atoms with van der Waals surface area (Å²) in [5, 5.41) is 10.0. The number of aromatic nitrogens is 2. The number of hydrogen-bond acceptors (Lipinski definition) is 5. The molecule has 5 nitrogen and oxygen atoms in total. The van der Waals surface area contributed by atoms with Crippen LogP contribution >= 0.6 is 0 Å². The van der Waals surface area contributed by atoms with Crippen LogP contribution in [0.4, 0.5) is 11.5 Å². The Morgan fingerprint density at radius 2 is 1.77 bits per heavy atom. The van der Waals surface area contributed by atoms with Crippen LogP contribution in [-0.2, 0) is 0 Å². The van der Waals surface area contributed by atoms with Gasteiger partial charge in [-0.3, -0.25) is 0 Å². The zero-order valence-corrected chi connectivity index (χ0v) is 12.3. The van der Waals surface area contributed by atoms with E-state index in [0.29, 0.717) is 5.82 Å². The minimum Gasteiger partial charge on any atom is -0.497 e. The van der Waals surface area contributed by atoms with E-state index >= 15 is 0 Å². The van der Waals surface area contributed by atoms with E-state index in [9.17, 15) is 0 Å². The quantitative estimate of drug-likeness (QED) is 0.740. The van der Waals surface area contributed by atoms with E-state index in [1.54, 1.807) is 7.11 Å². The van der Waals surface area contributed by atoms with Crippen LogP contribution in [0.25, 0.3) is 10.9 Å². The molecule has 108 valence electrons. The second-order valence-corrected chi connectivity index (χ2v) is 4.76. The number of anilines is 2. The largest absolute Gasteiger partial charge is 0.497 e. The molecule has 0 aliphatic heterocycles. The number of para-hydroxylation sites is 1. The van der Waals surface area contributed by atoms with Crippen molar-refractivity contribution in [1.82, 2.24) is 9.97 Å². The van der Waals surface area contributed by atoms with Crippen molar-refractivity contribution >= 4 is 22.4 Å². The van der Waals surface area contributed by atoms with Gasteiger partial charge in [-0.15, -0.1) is 0 Å². The molecule has 0 spiro atoms. The van der Waals surface area contributed by atoms with Gasteiger partial charge in [-0.2, -0.15) is 5.26 Å².